The first kappa shape index (κ1) is 22.4. The fourth-order valence-electron chi connectivity index (χ4n) is 6.31. The summed E-state index contributed by atoms with van der Waals surface area (Å²) in [7, 11) is 0. The molecule has 2 atom stereocenters. The van der Waals surface area contributed by atoms with E-state index >= 15 is 0 Å². The summed E-state index contributed by atoms with van der Waals surface area (Å²) >= 11 is 0. The van der Waals surface area contributed by atoms with Crippen molar-refractivity contribution in [1.82, 2.24) is 19.9 Å². The molecule has 1 amide bonds. The van der Waals surface area contributed by atoms with Crippen molar-refractivity contribution < 1.29 is 9.32 Å². The Hall–Kier alpha value is -1.40. The maximum absolute atomic E-state index is 13.2. The molecule has 0 radical (unpaired) electrons. The van der Waals surface area contributed by atoms with Crippen molar-refractivity contribution in [3.8, 4) is 0 Å². The van der Waals surface area contributed by atoms with Crippen LogP contribution in [0.3, 0.4) is 0 Å². The molecule has 1 aromatic rings. The second-order valence-corrected chi connectivity index (χ2v) is 11.5. The molecule has 2 aliphatic heterocycles. The van der Waals surface area contributed by atoms with Crippen LogP contribution < -0.4 is 0 Å². The van der Waals surface area contributed by atoms with Gasteiger partial charge in [-0.3, -0.25) is 14.6 Å². The number of piperazine rings is 1. The first-order chi connectivity index (χ1) is 15.4. The van der Waals surface area contributed by atoms with Gasteiger partial charge in [0.25, 0.3) is 0 Å². The Balaban J connectivity index is 1.12. The average Bonchev–Trinajstić information content (AvgIpc) is 3.32. The minimum Gasteiger partial charge on any atom is -0.361 e. The molecule has 2 aliphatic carbocycles. The predicted molar refractivity (Wildman–Crippen MR) is 126 cm³/mol. The van der Waals surface area contributed by atoms with Crippen LogP contribution in [0.2, 0.25) is 0 Å². The van der Waals surface area contributed by atoms with E-state index < -0.39 is 0 Å². The lowest BCUT2D eigenvalue weighted by atomic mass is 9.77. The first-order valence-corrected chi connectivity index (χ1v) is 13.2. The summed E-state index contributed by atoms with van der Waals surface area (Å²) in [4.78, 5) is 20.6. The van der Waals surface area contributed by atoms with Gasteiger partial charge in [0, 0.05) is 75.2 Å². The molecule has 6 nitrogen and oxygen atoms in total. The van der Waals surface area contributed by atoms with E-state index in [1.807, 2.05) is 0 Å². The van der Waals surface area contributed by atoms with Crippen LogP contribution in [0.25, 0.3) is 0 Å². The van der Waals surface area contributed by atoms with Crippen molar-refractivity contribution in [3.63, 3.8) is 0 Å². The Bertz CT molecular complexity index is 786. The molecular formula is C26H42N4O2. The van der Waals surface area contributed by atoms with Crippen LogP contribution in [0.5, 0.6) is 0 Å². The number of aromatic nitrogens is 1. The van der Waals surface area contributed by atoms with E-state index in [0.29, 0.717) is 29.8 Å². The van der Waals surface area contributed by atoms with Crippen molar-refractivity contribution in [2.24, 2.45) is 5.92 Å². The maximum atomic E-state index is 13.2. The number of carbonyl (C=O) groups is 1. The molecule has 2 saturated carbocycles. The monoisotopic (exact) mass is 442 g/mol. The lowest BCUT2D eigenvalue weighted by Crippen LogP contribution is -2.53. The first-order valence-electron chi connectivity index (χ1n) is 13.2. The smallest absolute Gasteiger partial charge is 0.222 e. The van der Waals surface area contributed by atoms with Gasteiger partial charge in [0.2, 0.25) is 5.91 Å². The van der Waals surface area contributed by atoms with Crippen LogP contribution in [0.15, 0.2) is 10.6 Å². The number of carbonyl (C=O) groups excluding carboxylic acids is 1. The zero-order chi connectivity index (χ0) is 22.3. The summed E-state index contributed by atoms with van der Waals surface area (Å²) in [5.41, 5.74) is 1.14. The van der Waals surface area contributed by atoms with Crippen LogP contribution >= 0.6 is 0 Å². The SMILES string of the molecule is CC(C)N1CCN([C@H]2CCC[C@@H]2CC(=O)N2CCC(C)(c3cc(C4CC4)on3)CC2)CC1. The van der Waals surface area contributed by atoms with Crippen LogP contribution in [-0.4, -0.2) is 77.1 Å². The van der Waals surface area contributed by atoms with E-state index in [-0.39, 0.29) is 5.41 Å². The van der Waals surface area contributed by atoms with Crippen LogP contribution in [0.1, 0.15) is 89.5 Å². The summed E-state index contributed by atoms with van der Waals surface area (Å²) in [5, 5.41) is 4.42. The van der Waals surface area contributed by atoms with Crippen molar-refractivity contribution in [3.05, 3.63) is 17.5 Å². The zero-order valence-electron chi connectivity index (χ0n) is 20.4. The summed E-state index contributed by atoms with van der Waals surface area (Å²) in [5.74, 6) is 2.59. The van der Waals surface area contributed by atoms with Crippen molar-refractivity contribution in [1.29, 1.82) is 0 Å². The van der Waals surface area contributed by atoms with Crippen LogP contribution in [-0.2, 0) is 10.2 Å². The Kier molecular flexibility index (Phi) is 6.36. The van der Waals surface area contributed by atoms with E-state index in [0.717, 1.165) is 56.9 Å². The van der Waals surface area contributed by atoms with Gasteiger partial charge in [0.1, 0.15) is 5.76 Å². The molecule has 5 rings (SSSR count). The second kappa shape index (κ2) is 9.09. The highest BCUT2D eigenvalue weighted by atomic mass is 16.5. The summed E-state index contributed by atoms with van der Waals surface area (Å²) in [6.45, 7) is 13.3. The molecule has 0 aromatic carbocycles. The highest BCUT2D eigenvalue weighted by molar-refractivity contribution is 5.76. The van der Waals surface area contributed by atoms with E-state index in [9.17, 15) is 4.79 Å². The van der Waals surface area contributed by atoms with Gasteiger partial charge in [-0.05, 0) is 58.3 Å². The molecule has 0 N–H and O–H groups in total. The molecule has 0 unspecified atom stereocenters. The minimum atomic E-state index is 0.0411. The number of hydrogen-bond donors (Lipinski definition) is 0. The molecule has 6 heteroatoms. The lowest BCUT2D eigenvalue weighted by Gasteiger charge is -2.42. The van der Waals surface area contributed by atoms with Gasteiger partial charge in [-0.2, -0.15) is 0 Å². The normalized spacial score (nSPS) is 29.7. The van der Waals surface area contributed by atoms with Gasteiger partial charge < -0.3 is 9.42 Å². The predicted octanol–water partition coefficient (Wildman–Crippen LogP) is 4.02. The summed E-state index contributed by atoms with van der Waals surface area (Å²) in [6, 6.07) is 3.44. The molecule has 4 aliphatic rings. The maximum Gasteiger partial charge on any atom is 0.222 e. The van der Waals surface area contributed by atoms with Crippen molar-refractivity contribution in [2.45, 2.75) is 95.6 Å². The lowest BCUT2D eigenvalue weighted by molar-refractivity contribution is -0.134. The largest absolute Gasteiger partial charge is 0.361 e. The number of amides is 1. The van der Waals surface area contributed by atoms with E-state index in [4.69, 9.17) is 4.52 Å². The molecule has 32 heavy (non-hydrogen) atoms. The van der Waals surface area contributed by atoms with Gasteiger partial charge in [-0.1, -0.05) is 18.5 Å². The standard InChI is InChI=1S/C26H42N4O2/c1-19(2)28-13-15-29(16-14-28)22-6-4-5-21(22)17-25(31)30-11-9-26(3,10-12-30)24-18-23(32-27-24)20-7-8-20/h18-22H,4-17H2,1-3H3/t21-,22+/m1/s1. The van der Waals surface area contributed by atoms with Gasteiger partial charge >= 0.3 is 0 Å². The average molecular weight is 443 g/mol. The zero-order valence-corrected chi connectivity index (χ0v) is 20.4. The minimum absolute atomic E-state index is 0.0411. The molecular weight excluding hydrogens is 400 g/mol. The fourth-order valence-corrected chi connectivity index (χ4v) is 6.31. The van der Waals surface area contributed by atoms with Gasteiger partial charge in [0.15, 0.2) is 0 Å². The van der Waals surface area contributed by atoms with Crippen molar-refractivity contribution in [2.75, 3.05) is 39.3 Å². The third kappa shape index (κ3) is 4.63. The van der Waals surface area contributed by atoms with Gasteiger partial charge in [0.05, 0.1) is 5.69 Å². The highest BCUT2D eigenvalue weighted by Crippen LogP contribution is 2.43. The Labute approximate surface area is 193 Å². The second-order valence-electron chi connectivity index (χ2n) is 11.5. The number of nitrogens with zero attached hydrogens (tertiary/aromatic N) is 4. The third-order valence-corrected chi connectivity index (χ3v) is 8.95. The summed E-state index contributed by atoms with van der Waals surface area (Å²) < 4.78 is 5.62. The molecule has 3 heterocycles. The number of piperidine rings is 1. The topological polar surface area (TPSA) is 52.8 Å². The summed E-state index contributed by atoms with van der Waals surface area (Å²) in [6.07, 6.45) is 8.96. The highest BCUT2D eigenvalue weighted by Gasteiger charge is 2.40. The van der Waals surface area contributed by atoms with E-state index in [1.165, 1.54) is 45.2 Å². The molecule has 2 saturated heterocycles. The molecule has 178 valence electrons. The Morgan fingerprint density at radius 1 is 1.09 bits per heavy atom. The number of likely N-dealkylation sites (tertiary alicyclic amines) is 1. The van der Waals surface area contributed by atoms with Gasteiger partial charge in [-0.15, -0.1) is 0 Å². The van der Waals surface area contributed by atoms with Gasteiger partial charge in [-0.25, -0.2) is 0 Å². The third-order valence-electron chi connectivity index (χ3n) is 8.95. The molecule has 0 bridgehead atoms. The van der Waals surface area contributed by atoms with E-state index in [2.05, 4.69) is 46.7 Å². The molecule has 4 fully saturated rings. The molecule has 1 aromatic heterocycles. The number of hydrogen-bond acceptors (Lipinski definition) is 5. The van der Waals surface area contributed by atoms with Crippen LogP contribution in [0, 0.1) is 5.92 Å². The molecule has 0 spiro atoms. The number of rotatable bonds is 6. The fraction of sp³-hybridized carbons (Fsp3) is 0.846. The van der Waals surface area contributed by atoms with E-state index in [1.54, 1.807) is 0 Å². The van der Waals surface area contributed by atoms with Crippen molar-refractivity contribution >= 4 is 5.91 Å². The Morgan fingerprint density at radius 2 is 1.81 bits per heavy atom. The quantitative estimate of drug-likeness (QED) is 0.666. The van der Waals surface area contributed by atoms with Crippen LogP contribution in [0.4, 0.5) is 0 Å². The Morgan fingerprint density at radius 3 is 2.47 bits per heavy atom.